The van der Waals surface area contributed by atoms with Gasteiger partial charge in [0.15, 0.2) is 11.4 Å². The van der Waals surface area contributed by atoms with Crippen molar-refractivity contribution in [3.8, 4) is 0 Å². The van der Waals surface area contributed by atoms with Crippen LogP contribution in [0.3, 0.4) is 0 Å². The average Bonchev–Trinajstić information content (AvgIpc) is 2.99. The Balaban J connectivity index is 1.87. The van der Waals surface area contributed by atoms with Gasteiger partial charge in [0, 0.05) is 23.8 Å². The molecule has 0 aromatic heterocycles. The molecule has 0 spiro atoms. The molecule has 1 aliphatic heterocycles. The molecule has 1 saturated heterocycles. The number of carbonyl (C=O) groups is 2. The van der Waals surface area contributed by atoms with Crippen LogP contribution in [0.5, 0.6) is 0 Å². The smallest absolute Gasteiger partial charge is 0.253 e. The predicted octanol–water partition coefficient (Wildman–Crippen LogP) is 1.79. The zero-order valence-corrected chi connectivity index (χ0v) is 18.4. The van der Waals surface area contributed by atoms with Gasteiger partial charge in [-0.2, -0.15) is 0 Å². The monoisotopic (exact) mass is 427 g/mol. The molecule has 1 saturated carbocycles. The molecule has 3 rings (SSSR count). The number of Topliss-reactive ketones (excluding diaryl/α,β-unsaturated/α-hetero) is 1. The minimum atomic E-state index is -1.77. The predicted molar refractivity (Wildman–Crippen MR) is 118 cm³/mol. The standard InChI is InChI=1S/C25H33NO5/c1-14(22(28)17(4)27)9-8-12-19-23(29)16(3)15(2)21-20(26-24(30)25(19,21)31)13-18-10-6-5-7-11-18/h5-8,10-12,14-15,17,19-21,23,27,29,31H,3,9,13H2,1-2,4H3,(H,26,30)/b12-8+/t14-,15+,17-,19+,20-,21-,23+,25-/m0/s1. The Bertz CT molecular complexity index is 864. The zero-order chi connectivity index (χ0) is 22.9. The molecule has 1 aliphatic carbocycles. The zero-order valence-electron chi connectivity index (χ0n) is 18.4. The van der Waals surface area contributed by atoms with Crippen LogP contribution in [0.1, 0.15) is 32.8 Å². The van der Waals surface area contributed by atoms with E-state index in [1.165, 1.54) is 6.92 Å². The van der Waals surface area contributed by atoms with E-state index in [0.717, 1.165) is 5.56 Å². The molecule has 2 aliphatic rings. The number of rotatable bonds is 7. The van der Waals surface area contributed by atoms with Gasteiger partial charge in [-0.25, -0.2) is 0 Å². The van der Waals surface area contributed by atoms with Crippen LogP contribution in [0.25, 0.3) is 0 Å². The fourth-order valence-corrected chi connectivity index (χ4v) is 5.16. The molecular weight excluding hydrogens is 394 g/mol. The molecule has 1 heterocycles. The van der Waals surface area contributed by atoms with Gasteiger partial charge in [-0.05, 0) is 36.8 Å². The first-order valence-corrected chi connectivity index (χ1v) is 10.9. The van der Waals surface area contributed by atoms with Crippen LogP contribution < -0.4 is 5.32 Å². The number of nitrogens with one attached hydrogen (secondary N) is 1. The molecule has 6 nitrogen and oxygen atoms in total. The van der Waals surface area contributed by atoms with Crippen molar-refractivity contribution >= 4 is 11.7 Å². The van der Waals surface area contributed by atoms with Crippen LogP contribution in [0.4, 0.5) is 0 Å². The molecular formula is C25H33NO5. The topological polar surface area (TPSA) is 107 Å². The highest BCUT2D eigenvalue weighted by molar-refractivity contribution is 5.90. The van der Waals surface area contributed by atoms with E-state index in [4.69, 9.17) is 0 Å². The maximum absolute atomic E-state index is 13.0. The van der Waals surface area contributed by atoms with Gasteiger partial charge in [0.1, 0.15) is 6.10 Å². The largest absolute Gasteiger partial charge is 0.388 e. The van der Waals surface area contributed by atoms with Crippen molar-refractivity contribution in [3.63, 3.8) is 0 Å². The van der Waals surface area contributed by atoms with Crippen molar-refractivity contribution in [3.05, 3.63) is 60.2 Å². The highest BCUT2D eigenvalue weighted by atomic mass is 16.3. The van der Waals surface area contributed by atoms with Crippen LogP contribution in [0, 0.1) is 23.7 Å². The summed E-state index contributed by atoms with van der Waals surface area (Å²) in [6.07, 6.45) is 2.13. The average molecular weight is 428 g/mol. The lowest BCUT2D eigenvalue weighted by Gasteiger charge is -2.47. The number of benzene rings is 1. The summed E-state index contributed by atoms with van der Waals surface area (Å²) in [5.74, 6) is -2.73. The lowest BCUT2D eigenvalue weighted by molar-refractivity contribution is -0.154. The fraction of sp³-hybridized carbons (Fsp3) is 0.520. The summed E-state index contributed by atoms with van der Waals surface area (Å²) in [5, 5.41) is 34.9. The minimum absolute atomic E-state index is 0.256. The Kier molecular flexibility index (Phi) is 6.84. The van der Waals surface area contributed by atoms with Gasteiger partial charge >= 0.3 is 0 Å². The second-order valence-electron chi connectivity index (χ2n) is 9.10. The number of fused-ring (bicyclic) bond motifs is 1. The number of amides is 1. The van der Waals surface area contributed by atoms with Gasteiger partial charge in [-0.15, -0.1) is 0 Å². The van der Waals surface area contributed by atoms with Crippen LogP contribution in [-0.4, -0.2) is 50.9 Å². The first kappa shape index (κ1) is 23.4. The number of allylic oxidation sites excluding steroid dienone is 1. The minimum Gasteiger partial charge on any atom is -0.388 e. The van der Waals surface area contributed by atoms with Crippen LogP contribution in [0.15, 0.2) is 54.6 Å². The summed E-state index contributed by atoms with van der Waals surface area (Å²) in [7, 11) is 0. The normalized spacial score (nSPS) is 35.0. The Labute approximate surface area is 183 Å². The third-order valence-corrected chi connectivity index (χ3v) is 7.00. The van der Waals surface area contributed by atoms with E-state index in [-0.39, 0.29) is 17.7 Å². The number of hydrogen-bond acceptors (Lipinski definition) is 5. The number of carbonyl (C=O) groups excluding carboxylic acids is 2. The van der Waals surface area contributed by atoms with E-state index in [1.807, 2.05) is 37.3 Å². The first-order valence-electron chi connectivity index (χ1n) is 10.9. The first-order chi connectivity index (χ1) is 14.6. The van der Waals surface area contributed by atoms with Crippen molar-refractivity contribution in [2.45, 2.75) is 57.5 Å². The van der Waals surface area contributed by atoms with E-state index in [9.17, 15) is 24.9 Å². The quantitative estimate of drug-likeness (QED) is 0.497. The summed E-state index contributed by atoms with van der Waals surface area (Å²) >= 11 is 0. The molecule has 0 bridgehead atoms. The lowest BCUT2D eigenvalue weighted by atomic mass is 9.60. The molecule has 8 atom stereocenters. The van der Waals surface area contributed by atoms with Crippen LogP contribution >= 0.6 is 0 Å². The number of aliphatic hydroxyl groups excluding tert-OH is 2. The molecule has 1 amide bonds. The van der Waals surface area contributed by atoms with Crippen molar-refractivity contribution in [2.75, 3.05) is 0 Å². The Hall–Kier alpha value is -2.28. The number of aliphatic hydroxyl groups is 3. The molecule has 6 heteroatoms. The maximum atomic E-state index is 13.0. The third-order valence-electron chi connectivity index (χ3n) is 7.00. The van der Waals surface area contributed by atoms with Gasteiger partial charge in [0.25, 0.3) is 5.91 Å². The summed E-state index contributed by atoms with van der Waals surface area (Å²) in [5.41, 5.74) is -0.126. The molecule has 2 fully saturated rings. The molecule has 4 N–H and O–H groups in total. The van der Waals surface area contributed by atoms with Gasteiger partial charge in [-0.1, -0.05) is 62.9 Å². The van der Waals surface area contributed by atoms with Crippen molar-refractivity contribution in [1.82, 2.24) is 5.32 Å². The number of hydrogen-bond donors (Lipinski definition) is 4. The van der Waals surface area contributed by atoms with Crippen molar-refractivity contribution in [2.24, 2.45) is 23.7 Å². The molecule has 0 radical (unpaired) electrons. The maximum Gasteiger partial charge on any atom is 0.253 e. The second kappa shape index (κ2) is 9.07. The van der Waals surface area contributed by atoms with Gasteiger partial charge < -0.3 is 20.6 Å². The summed E-state index contributed by atoms with van der Waals surface area (Å²) in [6, 6.07) is 9.49. The van der Waals surface area contributed by atoms with E-state index in [1.54, 1.807) is 19.1 Å². The van der Waals surface area contributed by atoms with E-state index < -0.39 is 41.5 Å². The molecule has 31 heavy (non-hydrogen) atoms. The van der Waals surface area contributed by atoms with Crippen molar-refractivity contribution < 1.29 is 24.9 Å². The van der Waals surface area contributed by atoms with E-state index in [0.29, 0.717) is 18.4 Å². The van der Waals surface area contributed by atoms with Crippen LogP contribution in [0.2, 0.25) is 0 Å². The Morgan fingerprint density at radius 1 is 1.29 bits per heavy atom. The Morgan fingerprint density at radius 2 is 1.94 bits per heavy atom. The van der Waals surface area contributed by atoms with Gasteiger partial charge in [0.2, 0.25) is 0 Å². The third kappa shape index (κ3) is 4.25. The summed E-state index contributed by atoms with van der Waals surface area (Å²) in [6.45, 7) is 9.10. The van der Waals surface area contributed by atoms with E-state index >= 15 is 0 Å². The highest BCUT2D eigenvalue weighted by Gasteiger charge is 2.64. The fourth-order valence-electron chi connectivity index (χ4n) is 5.16. The Morgan fingerprint density at radius 3 is 2.55 bits per heavy atom. The second-order valence-corrected chi connectivity index (χ2v) is 9.10. The molecule has 168 valence electrons. The number of ketones is 1. The lowest BCUT2D eigenvalue weighted by Crippen LogP contribution is -2.59. The SMILES string of the molecule is C=C1[C@@H](C)[C@H]2[C@H](Cc3ccccc3)NC(=O)[C@]2(O)[C@H](/C=C/C[C@H](C)C(=O)[C@H](C)O)[C@@H]1O. The summed E-state index contributed by atoms with van der Waals surface area (Å²) < 4.78 is 0. The highest BCUT2D eigenvalue weighted by Crippen LogP contribution is 2.50. The van der Waals surface area contributed by atoms with Crippen LogP contribution in [-0.2, 0) is 16.0 Å². The van der Waals surface area contributed by atoms with Gasteiger partial charge in [0.05, 0.1) is 6.10 Å². The molecule has 1 aromatic carbocycles. The van der Waals surface area contributed by atoms with E-state index in [2.05, 4.69) is 11.9 Å². The summed E-state index contributed by atoms with van der Waals surface area (Å²) in [4.78, 5) is 24.9. The van der Waals surface area contributed by atoms with Gasteiger partial charge in [-0.3, -0.25) is 9.59 Å². The molecule has 0 unspecified atom stereocenters. The molecule has 1 aromatic rings. The van der Waals surface area contributed by atoms with Crippen molar-refractivity contribution in [1.29, 1.82) is 0 Å².